The van der Waals surface area contributed by atoms with Gasteiger partial charge in [0.25, 0.3) is 5.91 Å². The Bertz CT molecular complexity index is 528. The lowest BCUT2D eigenvalue weighted by atomic mass is 10.0. The van der Waals surface area contributed by atoms with E-state index in [9.17, 15) is 9.59 Å². The minimum Gasteiger partial charge on any atom is -0.355 e. The molecule has 2 rings (SSSR count). The first-order valence-corrected chi connectivity index (χ1v) is 6.92. The molecule has 20 heavy (non-hydrogen) atoms. The molecular formula is C15H21N3O2. The van der Waals surface area contributed by atoms with Gasteiger partial charge in [-0.3, -0.25) is 9.59 Å². The third kappa shape index (κ3) is 2.82. The summed E-state index contributed by atoms with van der Waals surface area (Å²) in [5, 5.41) is 5.50. The lowest BCUT2D eigenvalue weighted by Crippen LogP contribution is -2.34. The second-order valence-corrected chi connectivity index (χ2v) is 5.25. The molecule has 0 saturated heterocycles. The van der Waals surface area contributed by atoms with Crippen molar-refractivity contribution in [3.63, 3.8) is 0 Å². The van der Waals surface area contributed by atoms with Crippen LogP contribution in [0.15, 0.2) is 18.2 Å². The van der Waals surface area contributed by atoms with Gasteiger partial charge in [-0.25, -0.2) is 0 Å². The van der Waals surface area contributed by atoms with Crippen LogP contribution in [-0.2, 0) is 4.79 Å². The van der Waals surface area contributed by atoms with Crippen LogP contribution in [-0.4, -0.2) is 24.9 Å². The number of rotatable bonds is 3. The average molecular weight is 275 g/mol. The Morgan fingerprint density at radius 1 is 1.30 bits per heavy atom. The molecule has 2 amide bonds. The van der Waals surface area contributed by atoms with E-state index in [2.05, 4.69) is 10.6 Å². The molecule has 2 unspecified atom stereocenters. The monoisotopic (exact) mass is 275 g/mol. The molecule has 2 atom stereocenters. The second kappa shape index (κ2) is 6.05. The van der Waals surface area contributed by atoms with Gasteiger partial charge in [-0.15, -0.1) is 0 Å². The van der Waals surface area contributed by atoms with Crippen LogP contribution in [0.2, 0.25) is 0 Å². The zero-order valence-electron chi connectivity index (χ0n) is 11.9. The molecule has 0 radical (unpaired) electrons. The number of benzene rings is 1. The van der Waals surface area contributed by atoms with E-state index in [1.165, 1.54) is 0 Å². The van der Waals surface area contributed by atoms with E-state index >= 15 is 0 Å². The molecule has 0 spiro atoms. The number of nitrogens with one attached hydrogen (secondary N) is 2. The normalized spacial score (nSPS) is 21.6. The Morgan fingerprint density at radius 2 is 2.05 bits per heavy atom. The quantitative estimate of drug-likeness (QED) is 0.780. The van der Waals surface area contributed by atoms with Gasteiger partial charge in [-0.2, -0.15) is 0 Å². The van der Waals surface area contributed by atoms with Crippen molar-refractivity contribution in [3.05, 3.63) is 29.3 Å². The minimum absolute atomic E-state index is 0.0489. The SMILES string of the molecule is CNC(=O)c1cccc(NC(=O)C2CCCC2N)c1C. The maximum atomic E-state index is 12.2. The summed E-state index contributed by atoms with van der Waals surface area (Å²) in [5.41, 5.74) is 7.96. The highest BCUT2D eigenvalue weighted by atomic mass is 16.2. The van der Waals surface area contributed by atoms with Crippen LogP contribution in [0.1, 0.15) is 35.2 Å². The summed E-state index contributed by atoms with van der Waals surface area (Å²) in [6, 6.07) is 5.25. The first-order valence-electron chi connectivity index (χ1n) is 6.92. The van der Waals surface area contributed by atoms with E-state index in [0.29, 0.717) is 11.3 Å². The number of carbonyl (C=O) groups excluding carboxylic acids is 2. The largest absolute Gasteiger partial charge is 0.355 e. The van der Waals surface area contributed by atoms with Crippen molar-refractivity contribution in [1.29, 1.82) is 0 Å². The molecule has 1 aromatic carbocycles. The molecule has 1 aromatic rings. The number of carbonyl (C=O) groups is 2. The number of anilines is 1. The molecule has 0 heterocycles. The van der Waals surface area contributed by atoms with Crippen molar-refractivity contribution in [2.24, 2.45) is 11.7 Å². The molecule has 0 aromatic heterocycles. The molecule has 0 bridgehead atoms. The highest BCUT2D eigenvalue weighted by Gasteiger charge is 2.30. The Morgan fingerprint density at radius 3 is 2.65 bits per heavy atom. The summed E-state index contributed by atoms with van der Waals surface area (Å²) >= 11 is 0. The van der Waals surface area contributed by atoms with Crippen molar-refractivity contribution in [2.45, 2.75) is 32.2 Å². The highest BCUT2D eigenvalue weighted by Crippen LogP contribution is 2.26. The van der Waals surface area contributed by atoms with E-state index in [0.717, 1.165) is 24.8 Å². The number of nitrogens with two attached hydrogens (primary N) is 1. The third-order valence-electron chi connectivity index (χ3n) is 3.97. The van der Waals surface area contributed by atoms with E-state index in [1.54, 1.807) is 25.2 Å². The molecule has 108 valence electrons. The average Bonchev–Trinajstić information content (AvgIpc) is 2.86. The predicted octanol–water partition coefficient (Wildman–Crippen LogP) is 1.42. The maximum absolute atomic E-state index is 12.2. The van der Waals surface area contributed by atoms with E-state index in [-0.39, 0.29) is 23.8 Å². The predicted molar refractivity (Wildman–Crippen MR) is 78.5 cm³/mol. The number of hydrogen-bond donors (Lipinski definition) is 3. The fourth-order valence-electron chi connectivity index (χ4n) is 2.69. The third-order valence-corrected chi connectivity index (χ3v) is 3.97. The highest BCUT2D eigenvalue weighted by molar-refractivity contribution is 5.99. The molecular weight excluding hydrogens is 254 g/mol. The lowest BCUT2D eigenvalue weighted by molar-refractivity contribution is -0.120. The van der Waals surface area contributed by atoms with Gasteiger partial charge in [0.05, 0.1) is 5.92 Å². The molecule has 1 saturated carbocycles. The Labute approximate surface area is 118 Å². The van der Waals surface area contributed by atoms with Crippen LogP contribution in [0, 0.1) is 12.8 Å². The van der Waals surface area contributed by atoms with Gasteiger partial charge >= 0.3 is 0 Å². The van der Waals surface area contributed by atoms with Crippen molar-refractivity contribution in [2.75, 3.05) is 12.4 Å². The summed E-state index contributed by atoms with van der Waals surface area (Å²) in [5.74, 6) is -0.332. The minimum atomic E-state index is -0.156. The molecule has 5 heteroatoms. The fraction of sp³-hybridized carbons (Fsp3) is 0.467. The van der Waals surface area contributed by atoms with Crippen LogP contribution >= 0.6 is 0 Å². The molecule has 1 aliphatic carbocycles. The summed E-state index contributed by atoms with van der Waals surface area (Å²) in [4.78, 5) is 24.0. The topological polar surface area (TPSA) is 84.2 Å². The van der Waals surface area contributed by atoms with Crippen LogP contribution in [0.25, 0.3) is 0 Å². The Hall–Kier alpha value is -1.88. The lowest BCUT2D eigenvalue weighted by Gasteiger charge is -2.17. The summed E-state index contributed by atoms with van der Waals surface area (Å²) in [6.45, 7) is 1.83. The van der Waals surface area contributed by atoms with Crippen LogP contribution in [0.4, 0.5) is 5.69 Å². The van der Waals surface area contributed by atoms with Gasteiger partial charge in [0, 0.05) is 24.3 Å². The summed E-state index contributed by atoms with van der Waals surface area (Å²) in [6.07, 6.45) is 2.73. The van der Waals surface area contributed by atoms with Gasteiger partial charge in [0.1, 0.15) is 0 Å². The molecule has 4 N–H and O–H groups in total. The summed E-state index contributed by atoms with van der Waals surface area (Å²) < 4.78 is 0. The van der Waals surface area contributed by atoms with E-state index in [4.69, 9.17) is 5.73 Å². The first kappa shape index (κ1) is 14.5. The van der Waals surface area contributed by atoms with E-state index in [1.807, 2.05) is 6.92 Å². The number of amides is 2. The molecule has 1 fully saturated rings. The Kier molecular flexibility index (Phi) is 4.39. The first-order chi connectivity index (χ1) is 9.54. The van der Waals surface area contributed by atoms with Gasteiger partial charge in [-0.05, 0) is 37.5 Å². The fourth-order valence-corrected chi connectivity index (χ4v) is 2.69. The van der Waals surface area contributed by atoms with Crippen LogP contribution in [0.3, 0.4) is 0 Å². The standard InChI is InChI=1S/C15H21N3O2/c1-9-10(14(19)17-2)5-4-8-13(9)18-15(20)11-6-3-7-12(11)16/h4-5,8,11-12H,3,6-7,16H2,1-2H3,(H,17,19)(H,18,20). The van der Waals surface area contributed by atoms with Crippen molar-refractivity contribution < 1.29 is 9.59 Å². The van der Waals surface area contributed by atoms with Crippen LogP contribution in [0.5, 0.6) is 0 Å². The van der Waals surface area contributed by atoms with Gasteiger partial charge in [0.2, 0.25) is 5.91 Å². The van der Waals surface area contributed by atoms with Gasteiger partial charge < -0.3 is 16.4 Å². The zero-order chi connectivity index (χ0) is 14.7. The zero-order valence-corrected chi connectivity index (χ0v) is 11.9. The van der Waals surface area contributed by atoms with Crippen molar-refractivity contribution >= 4 is 17.5 Å². The van der Waals surface area contributed by atoms with Crippen molar-refractivity contribution in [1.82, 2.24) is 5.32 Å². The molecule has 0 aliphatic heterocycles. The second-order valence-electron chi connectivity index (χ2n) is 5.25. The van der Waals surface area contributed by atoms with E-state index < -0.39 is 0 Å². The smallest absolute Gasteiger partial charge is 0.251 e. The number of hydrogen-bond acceptors (Lipinski definition) is 3. The maximum Gasteiger partial charge on any atom is 0.251 e. The van der Waals surface area contributed by atoms with Gasteiger partial charge in [0.15, 0.2) is 0 Å². The summed E-state index contributed by atoms with van der Waals surface area (Å²) in [7, 11) is 1.59. The molecule has 5 nitrogen and oxygen atoms in total. The van der Waals surface area contributed by atoms with Crippen molar-refractivity contribution in [3.8, 4) is 0 Å². The van der Waals surface area contributed by atoms with Gasteiger partial charge in [-0.1, -0.05) is 12.5 Å². The Balaban J connectivity index is 2.17. The molecule has 1 aliphatic rings. The van der Waals surface area contributed by atoms with Crippen LogP contribution < -0.4 is 16.4 Å².